The highest BCUT2D eigenvalue weighted by molar-refractivity contribution is 5.76. The molecule has 0 fully saturated rings. The molecule has 0 saturated carbocycles. The van der Waals surface area contributed by atoms with Crippen molar-refractivity contribution in [3.8, 4) is 0 Å². The lowest BCUT2D eigenvalue weighted by Gasteiger charge is -2.04. The first-order chi connectivity index (χ1) is 6.61. The Bertz CT molecular complexity index is 473. The van der Waals surface area contributed by atoms with Gasteiger partial charge in [0, 0.05) is 7.05 Å². The summed E-state index contributed by atoms with van der Waals surface area (Å²) in [4.78, 5) is 4.27. The van der Waals surface area contributed by atoms with E-state index in [1.807, 2.05) is 6.92 Å². The van der Waals surface area contributed by atoms with Gasteiger partial charge in [-0.05, 0) is 19.1 Å². The normalized spacial score (nSPS) is 13.4. The Hall–Kier alpha value is -1.42. The molecule has 0 aliphatic heterocycles. The Morgan fingerprint density at radius 2 is 2.21 bits per heavy atom. The van der Waals surface area contributed by atoms with Gasteiger partial charge < -0.3 is 10.3 Å². The molecule has 0 amide bonds. The lowest BCUT2D eigenvalue weighted by atomic mass is 10.3. The topological polar surface area (TPSA) is 43.8 Å². The lowest BCUT2D eigenvalue weighted by Crippen LogP contribution is -2.11. The average molecular weight is 193 g/mol. The number of fused-ring (bicyclic) bond motifs is 1. The van der Waals surface area contributed by atoms with Crippen molar-refractivity contribution in [1.82, 2.24) is 9.55 Å². The second kappa shape index (κ2) is 3.06. The van der Waals surface area contributed by atoms with Gasteiger partial charge in [0.25, 0.3) is 0 Å². The van der Waals surface area contributed by atoms with E-state index in [1.165, 1.54) is 6.07 Å². The third kappa shape index (κ3) is 1.19. The molecule has 0 radical (unpaired) electrons. The summed E-state index contributed by atoms with van der Waals surface area (Å²) < 4.78 is 15.1. The Morgan fingerprint density at radius 3 is 2.79 bits per heavy atom. The third-order valence-electron chi connectivity index (χ3n) is 2.29. The van der Waals surface area contributed by atoms with E-state index < -0.39 is 0 Å². The molecule has 2 rings (SSSR count). The lowest BCUT2D eigenvalue weighted by molar-refractivity contribution is 0.625. The molecule has 14 heavy (non-hydrogen) atoms. The first kappa shape index (κ1) is 9.15. The number of rotatable bonds is 1. The van der Waals surface area contributed by atoms with E-state index in [9.17, 15) is 4.39 Å². The van der Waals surface area contributed by atoms with Gasteiger partial charge in [-0.3, -0.25) is 0 Å². The highest BCUT2D eigenvalue weighted by atomic mass is 19.1. The molecule has 1 atom stereocenters. The zero-order chi connectivity index (χ0) is 10.3. The molecule has 0 bridgehead atoms. The van der Waals surface area contributed by atoms with Crippen molar-refractivity contribution in [2.75, 3.05) is 0 Å². The van der Waals surface area contributed by atoms with Gasteiger partial charge in [0.2, 0.25) is 0 Å². The predicted octanol–water partition coefficient (Wildman–Crippen LogP) is 1.73. The number of aromatic nitrogens is 2. The van der Waals surface area contributed by atoms with Gasteiger partial charge in [0.05, 0.1) is 11.6 Å². The second-order valence-electron chi connectivity index (χ2n) is 3.43. The Balaban J connectivity index is 2.81. The third-order valence-corrected chi connectivity index (χ3v) is 2.29. The van der Waals surface area contributed by atoms with Crippen LogP contribution in [0.25, 0.3) is 11.0 Å². The van der Waals surface area contributed by atoms with Crippen molar-refractivity contribution in [3.63, 3.8) is 0 Å². The van der Waals surface area contributed by atoms with Crippen LogP contribution in [0.15, 0.2) is 18.2 Å². The maximum absolute atomic E-state index is 13.4. The number of benzene rings is 1. The van der Waals surface area contributed by atoms with Gasteiger partial charge in [-0.15, -0.1) is 0 Å². The standard InChI is InChI=1S/C10H12FN3/c1-6(12)10-13-8-5-3-4-7(11)9(8)14(10)2/h3-6H,12H2,1-2H3/t6-/m0/s1. The number of nitrogens with zero attached hydrogens (tertiary/aromatic N) is 2. The predicted molar refractivity (Wildman–Crippen MR) is 53.3 cm³/mol. The van der Waals surface area contributed by atoms with Crippen LogP contribution in [-0.2, 0) is 7.05 Å². The summed E-state index contributed by atoms with van der Waals surface area (Å²) in [6.07, 6.45) is 0. The molecule has 0 saturated heterocycles. The molecule has 0 spiro atoms. The van der Waals surface area contributed by atoms with Crippen LogP contribution in [0.3, 0.4) is 0 Å². The largest absolute Gasteiger partial charge is 0.327 e. The molecule has 74 valence electrons. The zero-order valence-corrected chi connectivity index (χ0v) is 8.16. The fourth-order valence-electron chi connectivity index (χ4n) is 1.65. The minimum atomic E-state index is -0.260. The number of hydrogen-bond acceptors (Lipinski definition) is 2. The molecule has 3 nitrogen and oxygen atoms in total. The number of imidazole rings is 1. The van der Waals surface area contributed by atoms with Crippen LogP contribution < -0.4 is 5.73 Å². The summed E-state index contributed by atoms with van der Waals surface area (Å²) in [6.45, 7) is 1.83. The van der Waals surface area contributed by atoms with E-state index in [1.54, 1.807) is 23.7 Å². The quantitative estimate of drug-likeness (QED) is 0.749. The van der Waals surface area contributed by atoms with E-state index in [2.05, 4.69) is 4.98 Å². The van der Waals surface area contributed by atoms with Crippen LogP contribution in [0.1, 0.15) is 18.8 Å². The minimum Gasteiger partial charge on any atom is -0.327 e. The summed E-state index contributed by atoms with van der Waals surface area (Å²) in [5, 5.41) is 0. The molecule has 0 aliphatic carbocycles. The summed E-state index contributed by atoms with van der Waals surface area (Å²) in [5.74, 6) is 0.439. The molecular weight excluding hydrogens is 181 g/mol. The summed E-state index contributed by atoms with van der Waals surface area (Å²) in [5.41, 5.74) is 6.89. The molecular formula is C10H12FN3. The van der Waals surface area contributed by atoms with Crippen LogP contribution >= 0.6 is 0 Å². The number of hydrogen-bond donors (Lipinski definition) is 1. The number of aryl methyl sites for hydroxylation is 1. The highest BCUT2D eigenvalue weighted by Crippen LogP contribution is 2.20. The molecule has 4 heteroatoms. The molecule has 1 aromatic heterocycles. The molecule has 0 aliphatic rings. The average Bonchev–Trinajstić information content (AvgIpc) is 2.45. The molecule has 1 heterocycles. The van der Waals surface area contributed by atoms with Crippen LogP contribution in [0.5, 0.6) is 0 Å². The van der Waals surface area contributed by atoms with Crippen LogP contribution in [0.2, 0.25) is 0 Å². The van der Waals surface area contributed by atoms with E-state index in [0.29, 0.717) is 16.9 Å². The van der Waals surface area contributed by atoms with E-state index in [0.717, 1.165) is 0 Å². The maximum Gasteiger partial charge on any atom is 0.149 e. The van der Waals surface area contributed by atoms with E-state index in [4.69, 9.17) is 5.73 Å². The monoisotopic (exact) mass is 193 g/mol. The molecule has 2 aromatic rings. The Labute approximate surface area is 81.4 Å². The van der Waals surface area contributed by atoms with E-state index >= 15 is 0 Å². The maximum atomic E-state index is 13.4. The number of para-hydroxylation sites is 1. The van der Waals surface area contributed by atoms with Gasteiger partial charge >= 0.3 is 0 Å². The van der Waals surface area contributed by atoms with Crippen molar-refractivity contribution in [1.29, 1.82) is 0 Å². The fraction of sp³-hybridized carbons (Fsp3) is 0.300. The highest BCUT2D eigenvalue weighted by Gasteiger charge is 2.13. The SMILES string of the molecule is C[C@H](N)c1nc2cccc(F)c2n1C. The summed E-state index contributed by atoms with van der Waals surface area (Å²) >= 11 is 0. The smallest absolute Gasteiger partial charge is 0.149 e. The van der Waals surface area contributed by atoms with Crippen molar-refractivity contribution in [2.45, 2.75) is 13.0 Å². The van der Waals surface area contributed by atoms with Crippen molar-refractivity contribution >= 4 is 11.0 Å². The summed E-state index contributed by atoms with van der Waals surface area (Å²) in [6, 6.07) is 4.67. The van der Waals surface area contributed by atoms with Crippen molar-refractivity contribution < 1.29 is 4.39 Å². The minimum absolute atomic E-state index is 0.188. The van der Waals surface area contributed by atoms with Crippen molar-refractivity contribution in [2.24, 2.45) is 12.8 Å². The van der Waals surface area contributed by atoms with Crippen LogP contribution in [0.4, 0.5) is 4.39 Å². The van der Waals surface area contributed by atoms with E-state index in [-0.39, 0.29) is 11.9 Å². The second-order valence-corrected chi connectivity index (χ2v) is 3.43. The molecule has 0 unspecified atom stereocenters. The number of nitrogens with two attached hydrogens (primary N) is 1. The van der Waals surface area contributed by atoms with Gasteiger partial charge in [-0.2, -0.15) is 0 Å². The number of halogens is 1. The van der Waals surface area contributed by atoms with Gasteiger partial charge in [-0.25, -0.2) is 9.37 Å². The molecule has 2 N–H and O–H groups in total. The van der Waals surface area contributed by atoms with Gasteiger partial charge in [0.15, 0.2) is 0 Å². The Morgan fingerprint density at radius 1 is 1.50 bits per heavy atom. The van der Waals surface area contributed by atoms with Crippen LogP contribution in [0, 0.1) is 5.82 Å². The van der Waals surface area contributed by atoms with Crippen molar-refractivity contribution in [3.05, 3.63) is 29.8 Å². The van der Waals surface area contributed by atoms with Gasteiger partial charge in [-0.1, -0.05) is 6.07 Å². The fourth-order valence-corrected chi connectivity index (χ4v) is 1.65. The summed E-state index contributed by atoms with van der Waals surface area (Å²) in [7, 11) is 1.77. The Kier molecular flexibility index (Phi) is 2.00. The first-order valence-electron chi connectivity index (χ1n) is 4.47. The first-order valence-corrected chi connectivity index (χ1v) is 4.47. The van der Waals surface area contributed by atoms with Gasteiger partial charge in [0.1, 0.15) is 17.2 Å². The van der Waals surface area contributed by atoms with Crippen LogP contribution in [-0.4, -0.2) is 9.55 Å². The molecule has 1 aromatic carbocycles. The zero-order valence-electron chi connectivity index (χ0n) is 8.16.